The van der Waals surface area contributed by atoms with E-state index in [0.29, 0.717) is 0 Å². The summed E-state index contributed by atoms with van der Waals surface area (Å²) in [5.74, 6) is 0. The first-order valence-electron chi connectivity index (χ1n) is 4.13. The van der Waals surface area contributed by atoms with Crippen molar-refractivity contribution in [2.75, 3.05) is 0 Å². The van der Waals surface area contributed by atoms with Crippen molar-refractivity contribution < 1.29 is 0 Å². The standard InChI is InChI=1S/C10H17N/c1-10(2,3)9(11)8-6-4-5-7-8/h4-6,9H,7,11H2,1-3H3/t9-/m1/s1. The van der Waals surface area contributed by atoms with Crippen LogP contribution in [-0.2, 0) is 0 Å². The third-order valence-electron chi connectivity index (χ3n) is 2.13. The lowest BCUT2D eigenvalue weighted by molar-refractivity contribution is 0.352. The molecule has 1 heteroatoms. The summed E-state index contributed by atoms with van der Waals surface area (Å²) in [6.07, 6.45) is 7.41. The fraction of sp³-hybridized carbons (Fsp3) is 0.600. The van der Waals surface area contributed by atoms with Crippen molar-refractivity contribution in [3.63, 3.8) is 0 Å². The van der Waals surface area contributed by atoms with Gasteiger partial charge in [-0.15, -0.1) is 0 Å². The van der Waals surface area contributed by atoms with Gasteiger partial charge in [-0.2, -0.15) is 0 Å². The zero-order valence-electron chi connectivity index (χ0n) is 7.59. The Bertz CT molecular complexity index is 193. The van der Waals surface area contributed by atoms with Gasteiger partial charge in [-0.25, -0.2) is 0 Å². The van der Waals surface area contributed by atoms with Gasteiger partial charge in [-0.3, -0.25) is 0 Å². The normalized spacial score (nSPS) is 20.2. The highest BCUT2D eigenvalue weighted by molar-refractivity contribution is 5.28. The van der Waals surface area contributed by atoms with Crippen LogP contribution in [0.3, 0.4) is 0 Å². The maximum Gasteiger partial charge on any atom is 0.0309 e. The Balaban J connectivity index is 2.62. The topological polar surface area (TPSA) is 26.0 Å². The van der Waals surface area contributed by atoms with E-state index in [-0.39, 0.29) is 11.5 Å². The Morgan fingerprint density at radius 3 is 2.45 bits per heavy atom. The quantitative estimate of drug-likeness (QED) is 0.611. The highest BCUT2D eigenvalue weighted by Crippen LogP contribution is 2.26. The van der Waals surface area contributed by atoms with Crippen LogP contribution in [0, 0.1) is 5.41 Å². The first-order valence-corrected chi connectivity index (χ1v) is 4.13. The van der Waals surface area contributed by atoms with Crippen molar-refractivity contribution >= 4 is 0 Å². The Morgan fingerprint density at radius 2 is 2.09 bits per heavy atom. The van der Waals surface area contributed by atoms with Gasteiger partial charge in [0.05, 0.1) is 0 Å². The van der Waals surface area contributed by atoms with Gasteiger partial charge in [0.1, 0.15) is 0 Å². The van der Waals surface area contributed by atoms with Crippen molar-refractivity contribution in [3.8, 4) is 0 Å². The predicted octanol–water partition coefficient (Wildman–Crippen LogP) is 2.25. The Hall–Kier alpha value is -0.560. The largest absolute Gasteiger partial charge is 0.324 e. The highest BCUT2D eigenvalue weighted by Gasteiger charge is 2.23. The summed E-state index contributed by atoms with van der Waals surface area (Å²) in [6.45, 7) is 6.53. The summed E-state index contributed by atoms with van der Waals surface area (Å²) in [5, 5.41) is 0. The Kier molecular flexibility index (Phi) is 2.19. The molecule has 0 amide bonds. The molecule has 1 rings (SSSR count). The zero-order chi connectivity index (χ0) is 8.48. The monoisotopic (exact) mass is 151 g/mol. The summed E-state index contributed by atoms with van der Waals surface area (Å²) >= 11 is 0. The molecule has 1 aliphatic rings. The molecule has 1 atom stereocenters. The summed E-state index contributed by atoms with van der Waals surface area (Å²) in [6, 6.07) is 0.206. The minimum atomic E-state index is 0.192. The van der Waals surface area contributed by atoms with E-state index >= 15 is 0 Å². The van der Waals surface area contributed by atoms with Gasteiger partial charge in [0.15, 0.2) is 0 Å². The highest BCUT2D eigenvalue weighted by atomic mass is 14.7. The minimum Gasteiger partial charge on any atom is -0.324 e. The molecule has 1 aliphatic carbocycles. The van der Waals surface area contributed by atoms with Crippen molar-refractivity contribution in [2.24, 2.45) is 11.1 Å². The van der Waals surface area contributed by atoms with Crippen LogP contribution in [0.1, 0.15) is 27.2 Å². The Morgan fingerprint density at radius 1 is 1.45 bits per heavy atom. The van der Waals surface area contributed by atoms with E-state index in [2.05, 4.69) is 39.0 Å². The number of nitrogens with two attached hydrogens (primary N) is 1. The van der Waals surface area contributed by atoms with Crippen molar-refractivity contribution in [2.45, 2.75) is 33.2 Å². The smallest absolute Gasteiger partial charge is 0.0309 e. The summed E-state index contributed by atoms with van der Waals surface area (Å²) < 4.78 is 0. The maximum atomic E-state index is 6.05. The number of hydrogen-bond acceptors (Lipinski definition) is 1. The van der Waals surface area contributed by atoms with Gasteiger partial charge in [-0.05, 0) is 17.4 Å². The molecule has 0 spiro atoms. The van der Waals surface area contributed by atoms with Crippen LogP contribution >= 0.6 is 0 Å². The number of hydrogen-bond donors (Lipinski definition) is 1. The van der Waals surface area contributed by atoms with Gasteiger partial charge < -0.3 is 5.73 Å². The molecule has 0 unspecified atom stereocenters. The van der Waals surface area contributed by atoms with Gasteiger partial charge >= 0.3 is 0 Å². The molecule has 0 saturated carbocycles. The van der Waals surface area contributed by atoms with Crippen molar-refractivity contribution in [1.29, 1.82) is 0 Å². The third-order valence-corrected chi connectivity index (χ3v) is 2.13. The molecule has 1 nitrogen and oxygen atoms in total. The van der Waals surface area contributed by atoms with Crippen LogP contribution < -0.4 is 5.73 Å². The van der Waals surface area contributed by atoms with Crippen LogP contribution in [-0.4, -0.2) is 6.04 Å². The van der Waals surface area contributed by atoms with E-state index in [1.165, 1.54) is 5.57 Å². The second-order valence-corrected chi connectivity index (χ2v) is 4.22. The van der Waals surface area contributed by atoms with E-state index in [1.54, 1.807) is 0 Å². The van der Waals surface area contributed by atoms with Gasteiger partial charge in [0.25, 0.3) is 0 Å². The summed E-state index contributed by atoms with van der Waals surface area (Å²) in [7, 11) is 0. The molecular weight excluding hydrogens is 134 g/mol. The summed E-state index contributed by atoms with van der Waals surface area (Å²) in [4.78, 5) is 0. The van der Waals surface area contributed by atoms with Crippen molar-refractivity contribution in [1.82, 2.24) is 0 Å². The fourth-order valence-corrected chi connectivity index (χ4v) is 1.25. The molecule has 0 saturated heterocycles. The number of allylic oxidation sites excluding steroid dienone is 3. The van der Waals surface area contributed by atoms with Gasteiger partial charge in [0.2, 0.25) is 0 Å². The predicted molar refractivity (Wildman–Crippen MR) is 49.3 cm³/mol. The van der Waals surface area contributed by atoms with Gasteiger partial charge in [0, 0.05) is 6.04 Å². The molecule has 0 aromatic rings. The fourth-order valence-electron chi connectivity index (χ4n) is 1.25. The molecule has 0 fully saturated rings. The molecule has 11 heavy (non-hydrogen) atoms. The molecule has 0 aromatic heterocycles. The van der Waals surface area contributed by atoms with Crippen LogP contribution in [0.25, 0.3) is 0 Å². The zero-order valence-corrected chi connectivity index (χ0v) is 7.59. The first kappa shape index (κ1) is 8.54. The van der Waals surface area contributed by atoms with Gasteiger partial charge in [-0.1, -0.05) is 39.0 Å². The second kappa shape index (κ2) is 2.82. The molecule has 0 radical (unpaired) electrons. The van der Waals surface area contributed by atoms with Crippen LogP contribution in [0.4, 0.5) is 0 Å². The van der Waals surface area contributed by atoms with E-state index in [0.717, 1.165) is 6.42 Å². The lowest BCUT2D eigenvalue weighted by atomic mass is 9.82. The number of rotatable bonds is 1. The molecular formula is C10H17N. The summed E-state index contributed by atoms with van der Waals surface area (Å²) in [5.41, 5.74) is 7.60. The molecule has 0 aliphatic heterocycles. The average Bonchev–Trinajstić information content (AvgIpc) is 2.34. The van der Waals surface area contributed by atoms with E-state index < -0.39 is 0 Å². The molecule has 62 valence electrons. The van der Waals surface area contributed by atoms with Crippen molar-refractivity contribution in [3.05, 3.63) is 23.8 Å². The van der Waals surface area contributed by atoms with E-state index in [9.17, 15) is 0 Å². The molecule has 0 bridgehead atoms. The lowest BCUT2D eigenvalue weighted by Crippen LogP contribution is -2.36. The molecule has 0 aromatic carbocycles. The lowest BCUT2D eigenvalue weighted by Gasteiger charge is -2.28. The SMILES string of the molecule is CC(C)(C)[C@H](N)C1=CC=CC1. The second-order valence-electron chi connectivity index (χ2n) is 4.22. The van der Waals surface area contributed by atoms with Crippen LogP contribution in [0.15, 0.2) is 23.8 Å². The van der Waals surface area contributed by atoms with E-state index in [1.807, 2.05) is 0 Å². The average molecular weight is 151 g/mol. The van der Waals surface area contributed by atoms with Crippen LogP contribution in [0.5, 0.6) is 0 Å². The molecule has 0 heterocycles. The molecule has 2 N–H and O–H groups in total. The first-order chi connectivity index (χ1) is 5.02. The third kappa shape index (κ3) is 1.93. The Labute approximate surface area is 69.0 Å². The van der Waals surface area contributed by atoms with Crippen LogP contribution in [0.2, 0.25) is 0 Å². The maximum absolute atomic E-state index is 6.05. The van der Waals surface area contributed by atoms with E-state index in [4.69, 9.17) is 5.73 Å². The minimum absolute atomic E-state index is 0.192.